The molecule has 0 spiro atoms. The first-order chi connectivity index (χ1) is 3.81. The number of hydrogen-bond acceptors (Lipinski definition) is 1. The summed E-state index contributed by atoms with van der Waals surface area (Å²) in [5.41, 5.74) is 0. The Morgan fingerprint density at radius 1 is 1.75 bits per heavy atom. The van der Waals surface area contributed by atoms with Gasteiger partial charge in [-0.05, 0) is 13.0 Å². The molecule has 0 bridgehead atoms. The van der Waals surface area contributed by atoms with E-state index < -0.39 is 0 Å². The van der Waals surface area contributed by atoms with E-state index in [9.17, 15) is 0 Å². The molecule has 1 N–H and O–H groups in total. The molecule has 0 aliphatic heterocycles. The number of terminal acetylenes is 1. The zero-order valence-corrected chi connectivity index (χ0v) is 4.76. The second-order valence-electron chi connectivity index (χ2n) is 1.24. The third kappa shape index (κ3) is 3.05. The summed E-state index contributed by atoms with van der Waals surface area (Å²) in [4.78, 5) is 0. The number of aliphatic hydroxyl groups excluding tert-OH is 1. The minimum atomic E-state index is 0.120. The van der Waals surface area contributed by atoms with Crippen molar-refractivity contribution in [2.24, 2.45) is 0 Å². The first-order valence-electron chi connectivity index (χ1n) is 2.29. The average Bonchev–Trinajstić information content (AvgIpc) is 1.68. The van der Waals surface area contributed by atoms with Gasteiger partial charge >= 0.3 is 0 Å². The molecule has 1 heteroatoms. The number of aliphatic hydroxyl groups is 1. The zero-order valence-electron chi connectivity index (χ0n) is 4.76. The van der Waals surface area contributed by atoms with E-state index in [4.69, 9.17) is 11.5 Å². The molecule has 0 unspecified atom stereocenters. The van der Waals surface area contributed by atoms with Gasteiger partial charge in [0.25, 0.3) is 0 Å². The van der Waals surface area contributed by atoms with Gasteiger partial charge in [-0.1, -0.05) is 12.0 Å². The summed E-state index contributed by atoms with van der Waals surface area (Å²) < 4.78 is 0. The molecule has 0 aromatic heterocycles. The van der Waals surface area contributed by atoms with Gasteiger partial charge in [-0.25, -0.2) is 0 Å². The maximum Gasteiger partial charge on any atom is 0.123 e. The van der Waals surface area contributed by atoms with Gasteiger partial charge in [0.2, 0.25) is 0 Å². The Kier molecular flexibility index (Phi) is 3.43. The molecule has 0 aromatic rings. The molecule has 8 heavy (non-hydrogen) atoms. The second kappa shape index (κ2) is 4.01. The van der Waals surface area contributed by atoms with E-state index in [0.29, 0.717) is 0 Å². The van der Waals surface area contributed by atoms with Crippen LogP contribution in [0, 0.1) is 12.3 Å². The van der Waals surface area contributed by atoms with Crippen molar-refractivity contribution >= 4 is 0 Å². The topological polar surface area (TPSA) is 20.2 Å². The first-order valence-corrected chi connectivity index (χ1v) is 2.29. The number of rotatable bonds is 1. The van der Waals surface area contributed by atoms with Gasteiger partial charge in [-0.2, -0.15) is 0 Å². The van der Waals surface area contributed by atoms with Crippen molar-refractivity contribution in [2.75, 3.05) is 0 Å². The van der Waals surface area contributed by atoms with E-state index in [2.05, 4.69) is 5.92 Å². The fraction of sp³-hybridized carbons (Fsp3) is 0.143. The van der Waals surface area contributed by atoms with Crippen molar-refractivity contribution in [3.63, 3.8) is 0 Å². The van der Waals surface area contributed by atoms with Crippen LogP contribution in [0.5, 0.6) is 0 Å². The molecule has 0 fully saturated rings. The summed E-state index contributed by atoms with van der Waals surface area (Å²) in [6.07, 6.45) is 9.37. The Balaban J connectivity index is 3.85. The van der Waals surface area contributed by atoms with Crippen LogP contribution in [0.4, 0.5) is 0 Å². The Bertz CT molecular complexity index is 146. The van der Waals surface area contributed by atoms with Gasteiger partial charge in [-0.15, -0.1) is 6.42 Å². The standard InChI is InChI=1S/C7H8O/c1-3-5-7(8)6-4-2/h1,4-6,8H,2H3/b6-4+,7-5+. The SMILES string of the molecule is C#C/C=C(O)\C=C\C. The van der Waals surface area contributed by atoms with Crippen LogP contribution in [0.25, 0.3) is 0 Å². The molecule has 0 saturated heterocycles. The van der Waals surface area contributed by atoms with Crippen LogP contribution < -0.4 is 0 Å². The third-order valence-electron chi connectivity index (χ3n) is 0.569. The summed E-state index contributed by atoms with van der Waals surface area (Å²) in [6, 6.07) is 0. The molecule has 0 radical (unpaired) electrons. The Morgan fingerprint density at radius 3 is 2.75 bits per heavy atom. The molecule has 0 rings (SSSR count). The highest BCUT2D eigenvalue weighted by atomic mass is 16.3. The maximum atomic E-state index is 8.68. The minimum absolute atomic E-state index is 0.120. The highest BCUT2D eigenvalue weighted by molar-refractivity contribution is 5.20. The summed E-state index contributed by atoms with van der Waals surface area (Å²) in [6.45, 7) is 1.81. The Morgan fingerprint density at radius 2 is 2.38 bits per heavy atom. The van der Waals surface area contributed by atoms with E-state index in [1.54, 1.807) is 13.0 Å². The monoisotopic (exact) mass is 108 g/mol. The quantitative estimate of drug-likeness (QED) is 0.307. The molecule has 0 amide bonds. The molecule has 0 atom stereocenters. The molecule has 1 nitrogen and oxygen atoms in total. The zero-order chi connectivity index (χ0) is 6.41. The van der Waals surface area contributed by atoms with Gasteiger partial charge in [0.15, 0.2) is 0 Å². The van der Waals surface area contributed by atoms with Gasteiger partial charge in [0.05, 0.1) is 0 Å². The average molecular weight is 108 g/mol. The Hall–Kier alpha value is -1.16. The lowest BCUT2D eigenvalue weighted by Gasteiger charge is -1.81. The molecule has 0 heterocycles. The van der Waals surface area contributed by atoms with E-state index in [1.165, 1.54) is 12.2 Å². The molecule has 0 aromatic carbocycles. The fourth-order valence-electron chi connectivity index (χ4n) is 0.304. The van der Waals surface area contributed by atoms with Gasteiger partial charge < -0.3 is 5.11 Å². The smallest absolute Gasteiger partial charge is 0.123 e. The van der Waals surface area contributed by atoms with Crippen molar-refractivity contribution in [2.45, 2.75) is 6.92 Å². The van der Waals surface area contributed by atoms with Crippen LogP contribution in [0.3, 0.4) is 0 Å². The van der Waals surface area contributed by atoms with Gasteiger partial charge in [0.1, 0.15) is 5.76 Å². The van der Waals surface area contributed by atoms with Crippen molar-refractivity contribution < 1.29 is 5.11 Å². The summed E-state index contributed by atoms with van der Waals surface area (Å²) in [5, 5.41) is 8.68. The van der Waals surface area contributed by atoms with Crippen molar-refractivity contribution in [1.82, 2.24) is 0 Å². The van der Waals surface area contributed by atoms with E-state index in [1.807, 2.05) is 0 Å². The van der Waals surface area contributed by atoms with Crippen molar-refractivity contribution in [3.05, 3.63) is 24.0 Å². The van der Waals surface area contributed by atoms with Crippen LogP contribution in [0.1, 0.15) is 6.92 Å². The highest BCUT2D eigenvalue weighted by Gasteiger charge is 1.75. The van der Waals surface area contributed by atoms with Crippen LogP contribution in [-0.2, 0) is 0 Å². The van der Waals surface area contributed by atoms with Crippen LogP contribution in [0.15, 0.2) is 24.0 Å². The lowest BCUT2D eigenvalue weighted by molar-refractivity contribution is 0.433. The van der Waals surface area contributed by atoms with Crippen LogP contribution >= 0.6 is 0 Å². The molecular weight excluding hydrogens is 100 g/mol. The lowest BCUT2D eigenvalue weighted by Crippen LogP contribution is -1.68. The Labute approximate surface area is 49.3 Å². The lowest BCUT2D eigenvalue weighted by atomic mass is 10.4. The summed E-state index contributed by atoms with van der Waals surface area (Å²) >= 11 is 0. The third-order valence-corrected chi connectivity index (χ3v) is 0.569. The van der Waals surface area contributed by atoms with Gasteiger partial charge in [0, 0.05) is 6.08 Å². The molecule has 42 valence electrons. The summed E-state index contributed by atoms with van der Waals surface area (Å²) in [7, 11) is 0. The predicted molar refractivity (Wildman–Crippen MR) is 34.4 cm³/mol. The first kappa shape index (κ1) is 6.84. The number of hydrogen-bond donors (Lipinski definition) is 1. The largest absolute Gasteiger partial charge is 0.507 e. The van der Waals surface area contributed by atoms with Crippen LogP contribution in [0.2, 0.25) is 0 Å². The van der Waals surface area contributed by atoms with E-state index in [-0.39, 0.29) is 5.76 Å². The molecule has 0 aliphatic carbocycles. The van der Waals surface area contributed by atoms with Crippen molar-refractivity contribution in [1.29, 1.82) is 0 Å². The predicted octanol–water partition coefficient (Wildman–Crippen LogP) is 1.64. The van der Waals surface area contributed by atoms with E-state index >= 15 is 0 Å². The van der Waals surface area contributed by atoms with Crippen molar-refractivity contribution in [3.8, 4) is 12.3 Å². The summed E-state index contributed by atoms with van der Waals surface area (Å²) in [5.74, 6) is 2.31. The second-order valence-corrected chi connectivity index (χ2v) is 1.24. The van der Waals surface area contributed by atoms with E-state index in [0.717, 1.165) is 0 Å². The fourth-order valence-corrected chi connectivity index (χ4v) is 0.304. The molecular formula is C7H8O. The highest BCUT2D eigenvalue weighted by Crippen LogP contribution is 1.87. The van der Waals surface area contributed by atoms with Crippen LogP contribution in [-0.4, -0.2) is 5.11 Å². The number of allylic oxidation sites excluding steroid dienone is 3. The van der Waals surface area contributed by atoms with Gasteiger partial charge in [-0.3, -0.25) is 0 Å². The normalized spacial score (nSPS) is 11.8. The molecule has 0 saturated carbocycles. The minimum Gasteiger partial charge on any atom is -0.507 e. The maximum absolute atomic E-state index is 8.68. The molecule has 0 aliphatic rings.